The van der Waals surface area contributed by atoms with Crippen LogP contribution in [0, 0.1) is 16.7 Å². The van der Waals surface area contributed by atoms with E-state index in [-0.39, 0.29) is 5.57 Å². The molecule has 0 amide bonds. The molecule has 2 bridgehead atoms. The number of anilines is 1. The summed E-state index contributed by atoms with van der Waals surface area (Å²) < 4.78 is 10.7. The number of morpholine rings is 1. The molecule has 2 aromatic rings. The van der Waals surface area contributed by atoms with Crippen LogP contribution in [0.15, 0.2) is 60.0 Å². The maximum Gasteiger partial charge on any atom is 0.212 e. The summed E-state index contributed by atoms with van der Waals surface area (Å²) in [5.74, 6) is 1.48. The molecule has 0 aliphatic carbocycles. The lowest BCUT2D eigenvalue weighted by atomic mass is 9.87. The van der Waals surface area contributed by atoms with Gasteiger partial charge in [-0.25, -0.2) is 9.97 Å². The molecule has 39 heavy (non-hydrogen) atoms. The second-order valence-corrected chi connectivity index (χ2v) is 10.0. The molecular formula is C28H31N9O2. The van der Waals surface area contributed by atoms with E-state index < -0.39 is 0 Å². The molecular weight excluding hydrogens is 494 g/mol. The molecule has 2 N–H and O–H groups in total. The molecule has 4 saturated heterocycles. The number of nitriles is 1. The fourth-order valence-electron chi connectivity index (χ4n) is 5.67. The zero-order valence-electron chi connectivity index (χ0n) is 21.9. The van der Waals surface area contributed by atoms with Gasteiger partial charge in [-0.2, -0.15) is 5.26 Å². The quantitative estimate of drug-likeness (QED) is 0.409. The van der Waals surface area contributed by atoms with Crippen LogP contribution in [0.1, 0.15) is 17.7 Å². The number of ether oxygens (including phenoxy) is 2. The molecule has 11 heteroatoms. The SMILES string of the molecule is COc1ccc(CN2C3CC2CN(c2cnc(C4=CC(N5CCOCC5)=CN/C4=C(/C#N)C=N)cn2)C3)cn1. The molecule has 0 saturated carbocycles. The molecule has 5 aliphatic rings. The number of allylic oxidation sites excluding steroid dienone is 3. The maximum atomic E-state index is 9.61. The molecule has 7 rings (SSSR count). The molecule has 0 aromatic carbocycles. The van der Waals surface area contributed by atoms with Crippen molar-refractivity contribution in [1.82, 2.24) is 30.1 Å². The number of nitrogens with zero attached hydrogens (tertiary/aromatic N) is 7. The molecule has 11 nitrogen and oxygen atoms in total. The molecule has 0 radical (unpaired) electrons. The second kappa shape index (κ2) is 10.8. The molecule has 200 valence electrons. The largest absolute Gasteiger partial charge is 0.481 e. The van der Waals surface area contributed by atoms with Crippen LogP contribution in [0.2, 0.25) is 0 Å². The van der Waals surface area contributed by atoms with Gasteiger partial charge in [-0.3, -0.25) is 9.88 Å². The van der Waals surface area contributed by atoms with Gasteiger partial charge in [0.15, 0.2) is 0 Å². The van der Waals surface area contributed by atoms with Crippen LogP contribution >= 0.6 is 0 Å². The van der Waals surface area contributed by atoms with E-state index in [2.05, 4.69) is 37.1 Å². The van der Waals surface area contributed by atoms with Crippen molar-refractivity contribution in [2.75, 3.05) is 51.4 Å². The summed E-state index contributed by atoms with van der Waals surface area (Å²) in [5.41, 5.74) is 4.40. The van der Waals surface area contributed by atoms with E-state index in [1.54, 1.807) is 13.3 Å². The van der Waals surface area contributed by atoms with E-state index in [1.165, 1.54) is 12.0 Å². The third-order valence-corrected chi connectivity index (χ3v) is 7.79. The number of dihydropyridines is 1. The standard InChI is InChI=1S/C28H31N9O2/c1-38-27-3-2-19(12-33-27)16-37-22-8-23(37)18-36(17-22)26-15-31-25(14-32-26)24-9-21(35-4-6-39-7-5-35)13-34-28(24)20(10-29)11-30/h2-3,9-10,12-15,22-23,29,34H,4-8,16-18H2,1H3/b28-20+,29-10?. The highest BCUT2D eigenvalue weighted by atomic mass is 16.5. The van der Waals surface area contributed by atoms with Crippen molar-refractivity contribution in [2.45, 2.75) is 25.0 Å². The normalized spacial score (nSPS) is 24.0. The van der Waals surface area contributed by atoms with Crippen LogP contribution in [0.4, 0.5) is 5.82 Å². The fourth-order valence-corrected chi connectivity index (χ4v) is 5.67. The lowest BCUT2D eigenvalue weighted by Crippen LogP contribution is -2.68. The predicted molar refractivity (Wildman–Crippen MR) is 146 cm³/mol. The number of methoxy groups -OCH3 is 1. The third-order valence-electron chi connectivity index (χ3n) is 7.79. The minimum Gasteiger partial charge on any atom is -0.481 e. The first-order chi connectivity index (χ1) is 19.2. The first kappa shape index (κ1) is 25.0. The molecule has 0 spiro atoms. The molecule has 2 atom stereocenters. The van der Waals surface area contributed by atoms with Gasteiger partial charge < -0.3 is 30.0 Å². The molecule has 7 heterocycles. The Kier molecular flexibility index (Phi) is 6.96. The van der Waals surface area contributed by atoms with E-state index >= 15 is 0 Å². The summed E-state index contributed by atoms with van der Waals surface area (Å²) in [6.07, 6.45) is 11.6. The Bertz CT molecular complexity index is 1340. The number of nitrogens with one attached hydrogen (secondary N) is 2. The summed E-state index contributed by atoms with van der Waals surface area (Å²) in [7, 11) is 1.63. The van der Waals surface area contributed by atoms with Gasteiger partial charge in [-0.05, 0) is 18.1 Å². The van der Waals surface area contributed by atoms with Crippen molar-refractivity contribution in [1.29, 1.82) is 10.7 Å². The van der Waals surface area contributed by atoms with Crippen molar-refractivity contribution in [3.05, 3.63) is 71.2 Å². The summed E-state index contributed by atoms with van der Waals surface area (Å²) in [4.78, 5) is 21.0. The Morgan fingerprint density at radius 1 is 1.15 bits per heavy atom. The maximum absolute atomic E-state index is 9.61. The number of hydrogen-bond acceptors (Lipinski definition) is 11. The number of piperidine rings is 1. The Hall–Kier alpha value is -4.27. The van der Waals surface area contributed by atoms with Crippen molar-refractivity contribution in [3.8, 4) is 11.9 Å². The van der Waals surface area contributed by atoms with E-state index in [1.807, 2.05) is 30.7 Å². The lowest BCUT2D eigenvalue weighted by Gasteiger charge is -2.56. The Morgan fingerprint density at radius 3 is 2.62 bits per heavy atom. The van der Waals surface area contributed by atoms with Gasteiger partial charge in [0, 0.05) is 75.1 Å². The number of hydrogen-bond donors (Lipinski definition) is 2. The summed E-state index contributed by atoms with van der Waals surface area (Å²) in [6.45, 7) is 5.62. The van der Waals surface area contributed by atoms with Gasteiger partial charge in [-0.15, -0.1) is 0 Å². The van der Waals surface area contributed by atoms with Crippen LogP contribution in [0.3, 0.4) is 0 Å². The van der Waals surface area contributed by atoms with E-state index in [0.717, 1.165) is 56.0 Å². The van der Waals surface area contributed by atoms with E-state index in [9.17, 15) is 5.26 Å². The third kappa shape index (κ3) is 4.96. The van der Waals surface area contributed by atoms with Crippen molar-refractivity contribution >= 4 is 17.6 Å². The van der Waals surface area contributed by atoms with Gasteiger partial charge in [0.2, 0.25) is 5.88 Å². The first-order valence-electron chi connectivity index (χ1n) is 13.1. The summed E-state index contributed by atoms with van der Waals surface area (Å²) >= 11 is 0. The molecule has 2 aromatic heterocycles. The average molecular weight is 526 g/mol. The Labute approximate surface area is 227 Å². The topological polar surface area (TPSA) is 127 Å². The molecule has 5 aliphatic heterocycles. The van der Waals surface area contributed by atoms with Gasteiger partial charge in [0.1, 0.15) is 11.9 Å². The summed E-state index contributed by atoms with van der Waals surface area (Å²) in [5, 5.41) is 20.6. The van der Waals surface area contributed by atoms with Gasteiger partial charge >= 0.3 is 0 Å². The number of piperazine rings is 1. The minimum absolute atomic E-state index is 0.243. The van der Waals surface area contributed by atoms with Crippen LogP contribution in [-0.4, -0.2) is 89.6 Å². The Morgan fingerprint density at radius 2 is 1.97 bits per heavy atom. The number of rotatable bonds is 7. The number of fused-ring (bicyclic) bond motifs is 2. The van der Waals surface area contributed by atoms with E-state index in [0.29, 0.717) is 42.6 Å². The van der Waals surface area contributed by atoms with Crippen LogP contribution in [0.5, 0.6) is 5.88 Å². The van der Waals surface area contributed by atoms with Crippen LogP contribution in [-0.2, 0) is 11.3 Å². The average Bonchev–Trinajstić information content (AvgIpc) is 3.01. The van der Waals surface area contributed by atoms with Gasteiger partial charge in [0.05, 0.1) is 55.4 Å². The summed E-state index contributed by atoms with van der Waals surface area (Å²) in [6, 6.07) is 7.05. The fraction of sp³-hybridized carbons (Fsp3) is 0.393. The van der Waals surface area contributed by atoms with Crippen LogP contribution < -0.4 is 15.0 Å². The Balaban J connectivity index is 1.17. The van der Waals surface area contributed by atoms with Gasteiger partial charge in [-0.1, -0.05) is 6.07 Å². The zero-order chi connectivity index (χ0) is 26.8. The first-order valence-corrected chi connectivity index (χ1v) is 13.1. The lowest BCUT2D eigenvalue weighted by molar-refractivity contribution is -0.00879. The monoisotopic (exact) mass is 525 g/mol. The van der Waals surface area contributed by atoms with Crippen molar-refractivity contribution in [2.24, 2.45) is 0 Å². The zero-order valence-corrected chi connectivity index (χ0v) is 21.9. The minimum atomic E-state index is 0.243. The van der Waals surface area contributed by atoms with Crippen molar-refractivity contribution in [3.63, 3.8) is 0 Å². The highest BCUT2D eigenvalue weighted by Crippen LogP contribution is 2.36. The molecule has 2 unspecified atom stereocenters. The van der Waals surface area contributed by atoms with E-state index in [4.69, 9.17) is 24.9 Å². The second-order valence-electron chi connectivity index (χ2n) is 10.0. The van der Waals surface area contributed by atoms with Crippen LogP contribution in [0.25, 0.3) is 5.57 Å². The highest BCUT2D eigenvalue weighted by molar-refractivity contribution is 5.92. The number of pyridine rings is 1. The molecule has 4 fully saturated rings. The number of aromatic nitrogens is 3. The highest BCUT2D eigenvalue weighted by Gasteiger charge is 2.44. The smallest absolute Gasteiger partial charge is 0.212 e. The predicted octanol–water partition coefficient (Wildman–Crippen LogP) is 1.93. The van der Waals surface area contributed by atoms with Gasteiger partial charge in [0.25, 0.3) is 0 Å². The van der Waals surface area contributed by atoms with Crippen molar-refractivity contribution < 1.29 is 9.47 Å².